The van der Waals surface area contributed by atoms with E-state index < -0.39 is 0 Å². The van der Waals surface area contributed by atoms with E-state index in [0.29, 0.717) is 22.7 Å². The first-order valence-corrected chi connectivity index (χ1v) is 5.09. The second-order valence-corrected chi connectivity index (χ2v) is 3.97. The van der Waals surface area contributed by atoms with E-state index in [0.717, 1.165) is 0 Å². The van der Waals surface area contributed by atoms with Gasteiger partial charge in [0, 0.05) is 13.1 Å². The van der Waals surface area contributed by atoms with Crippen molar-refractivity contribution in [3.05, 3.63) is 32.7 Å². The molecule has 2 aromatic rings. The molecule has 7 heteroatoms. The number of halogens is 1. The molecule has 2 aromatic heterocycles. The van der Waals surface area contributed by atoms with Crippen molar-refractivity contribution in [1.29, 1.82) is 0 Å². The molecule has 0 unspecified atom stereocenters. The van der Waals surface area contributed by atoms with Crippen molar-refractivity contribution >= 4 is 15.9 Å². The summed E-state index contributed by atoms with van der Waals surface area (Å²) < 4.78 is 8.39. The molecule has 2 rings (SSSR count). The molecule has 15 heavy (non-hydrogen) atoms. The highest BCUT2D eigenvalue weighted by atomic mass is 79.9. The quantitative estimate of drug-likeness (QED) is 0.807. The first kappa shape index (κ1) is 10.2. The van der Waals surface area contributed by atoms with Gasteiger partial charge in [-0.1, -0.05) is 5.16 Å². The van der Waals surface area contributed by atoms with Gasteiger partial charge >= 0.3 is 5.69 Å². The third-order valence-corrected chi connectivity index (χ3v) is 2.47. The summed E-state index contributed by atoms with van der Waals surface area (Å²) in [6.45, 7) is 2.06. The summed E-state index contributed by atoms with van der Waals surface area (Å²) in [5.41, 5.74) is -0.167. The second kappa shape index (κ2) is 3.65. The largest absolute Gasteiger partial charge is 0.358 e. The summed E-state index contributed by atoms with van der Waals surface area (Å²) in [7, 11) is 1.68. The number of aryl methyl sites for hydroxylation is 1. The zero-order chi connectivity index (χ0) is 11.0. The Labute approximate surface area is 93.6 Å². The van der Waals surface area contributed by atoms with Crippen molar-refractivity contribution in [3.63, 3.8) is 0 Å². The van der Waals surface area contributed by atoms with Crippen molar-refractivity contribution in [2.75, 3.05) is 0 Å². The third-order valence-electron chi connectivity index (χ3n) is 2.09. The van der Waals surface area contributed by atoms with Crippen LogP contribution in [-0.2, 0) is 13.6 Å². The minimum Gasteiger partial charge on any atom is -0.358 e. The molecule has 0 fully saturated rings. The molecule has 0 aliphatic heterocycles. The summed E-state index contributed by atoms with van der Waals surface area (Å²) >= 11 is 3.17. The van der Waals surface area contributed by atoms with E-state index in [4.69, 9.17) is 4.52 Å². The van der Waals surface area contributed by atoms with Crippen LogP contribution in [0.25, 0.3) is 0 Å². The van der Waals surface area contributed by atoms with Gasteiger partial charge in [0.15, 0.2) is 5.76 Å². The summed E-state index contributed by atoms with van der Waals surface area (Å²) in [5.74, 6) is 1.25. The Morgan fingerprint density at radius 1 is 1.60 bits per heavy atom. The van der Waals surface area contributed by atoms with Crippen LogP contribution < -0.4 is 5.69 Å². The zero-order valence-electron chi connectivity index (χ0n) is 8.27. The fourth-order valence-corrected chi connectivity index (χ4v) is 1.54. The molecule has 0 bridgehead atoms. The molecule has 0 saturated heterocycles. The number of hydrogen-bond acceptors (Lipinski definition) is 4. The van der Waals surface area contributed by atoms with Crippen LogP contribution in [0.15, 0.2) is 20.0 Å². The van der Waals surface area contributed by atoms with Crippen LogP contribution in [0.2, 0.25) is 0 Å². The Balaban J connectivity index is 2.32. The molecular weight excluding hydrogens is 264 g/mol. The molecule has 0 aliphatic rings. The highest BCUT2D eigenvalue weighted by Gasteiger charge is 2.09. The topological polar surface area (TPSA) is 65.8 Å². The van der Waals surface area contributed by atoms with Crippen molar-refractivity contribution in [1.82, 2.24) is 19.5 Å². The van der Waals surface area contributed by atoms with Crippen molar-refractivity contribution in [3.8, 4) is 0 Å². The first-order valence-electron chi connectivity index (χ1n) is 4.29. The van der Waals surface area contributed by atoms with Gasteiger partial charge in [0.1, 0.15) is 17.0 Å². The van der Waals surface area contributed by atoms with Gasteiger partial charge in [0.25, 0.3) is 0 Å². The summed E-state index contributed by atoms with van der Waals surface area (Å²) in [6, 6.07) is 1.70. The van der Waals surface area contributed by atoms with Gasteiger partial charge in [-0.05, 0) is 22.9 Å². The molecule has 0 saturated carbocycles. The predicted molar refractivity (Wildman–Crippen MR) is 55.5 cm³/mol. The van der Waals surface area contributed by atoms with Crippen LogP contribution >= 0.6 is 15.9 Å². The smallest absolute Gasteiger partial charge is 0.346 e. The zero-order valence-corrected chi connectivity index (χ0v) is 9.85. The van der Waals surface area contributed by atoms with Gasteiger partial charge < -0.3 is 4.52 Å². The molecule has 0 amide bonds. The fourth-order valence-electron chi connectivity index (χ4n) is 1.21. The molecule has 6 nitrogen and oxygen atoms in total. The van der Waals surface area contributed by atoms with Crippen molar-refractivity contribution < 1.29 is 4.52 Å². The highest BCUT2D eigenvalue weighted by Crippen LogP contribution is 2.10. The standard InChI is InChI=1S/C8H9BrN4O2/c1-5-10-13(8(14)12(5)2)4-6-3-7(9)11-15-6/h3H,4H2,1-2H3. The molecular formula is C8H9BrN4O2. The summed E-state index contributed by atoms with van der Waals surface area (Å²) in [5, 5.41) is 7.74. The average Bonchev–Trinajstić information content (AvgIpc) is 2.68. The summed E-state index contributed by atoms with van der Waals surface area (Å²) in [6.07, 6.45) is 0. The van der Waals surface area contributed by atoms with E-state index >= 15 is 0 Å². The Hall–Kier alpha value is -1.37. The Bertz CT molecular complexity index is 539. The molecule has 2 heterocycles. The fraction of sp³-hybridized carbons (Fsp3) is 0.375. The highest BCUT2D eigenvalue weighted by molar-refractivity contribution is 9.10. The van der Waals surface area contributed by atoms with E-state index in [2.05, 4.69) is 26.2 Å². The first-order chi connectivity index (χ1) is 7.08. The monoisotopic (exact) mass is 272 g/mol. The molecule has 0 spiro atoms. The van der Waals surface area contributed by atoms with Gasteiger partial charge in [-0.15, -0.1) is 0 Å². The van der Waals surface area contributed by atoms with Crippen LogP contribution in [0.3, 0.4) is 0 Å². The Kier molecular flexibility index (Phi) is 2.47. The van der Waals surface area contributed by atoms with Crippen molar-refractivity contribution in [2.45, 2.75) is 13.5 Å². The lowest BCUT2D eigenvalue weighted by Crippen LogP contribution is -2.23. The maximum atomic E-state index is 11.6. The third kappa shape index (κ3) is 1.87. The lowest BCUT2D eigenvalue weighted by Gasteiger charge is -1.92. The van der Waals surface area contributed by atoms with E-state index in [9.17, 15) is 4.79 Å². The van der Waals surface area contributed by atoms with Crippen LogP contribution in [0.5, 0.6) is 0 Å². The molecule has 0 N–H and O–H groups in total. The normalized spacial score (nSPS) is 10.9. The van der Waals surface area contributed by atoms with E-state index in [1.54, 1.807) is 20.0 Å². The minimum absolute atomic E-state index is 0.167. The van der Waals surface area contributed by atoms with E-state index in [1.165, 1.54) is 9.25 Å². The van der Waals surface area contributed by atoms with Gasteiger partial charge in [-0.3, -0.25) is 4.57 Å². The van der Waals surface area contributed by atoms with Gasteiger partial charge in [-0.25, -0.2) is 9.48 Å². The average molecular weight is 273 g/mol. The SMILES string of the molecule is Cc1nn(Cc2cc(Br)no2)c(=O)n1C. The molecule has 0 aromatic carbocycles. The van der Waals surface area contributed by atoms with Crippen molar-refractivity contribution in [2.24, 2.45) is 7.05 Å². The number of hydrogen-bond donors (Lipinski definition) is 0. The molecule has 80 valence electrons. The van der Waals surface area contributed by atoms with E-state index in [1.807, 2.05) is 0 Å². The van der Waals surface area contributed by atoms with Crippen LogP contribution in [-0.4, -0.2) is 19.5 Å². The lowest BCUT2D eigenvalue weighted by atomic mass is 10.5. The molecule has 0 atom stereocenters. The van der Waals surface area contributed by atoms with Gasteiger partial charge in [0.2, 0.25) is 0 Å². The molecule has 0 aliphatic carbocycles. The lowest BCUT2D eigenvalue weighted by molar-refractivity contribution is 0.366. The predicted octanol–water partition coefficient (Wildman–Crippen LogP) is 0.689. The Morgan fingerprint density at radius 2 is 2.33 bits per heavy atom. The summed E-state index contributed by atoms with van der Waals surface area (Å²) in [4.78, 5) is 11.6. The van der Waals surface area contributed by atoms with Crippen LogP contribution in [0.4, 0.5) is 0 Å². The second-order valence-electron chi connectivity index (χ2n) is 3.16. The minimum atomic E-state index is -0.167. The van der Waals surface area contributed by atoms with Crippen LogP contribution in [0, 0.1) is 6.92 Å². The number of rotatable bonds is 2. The maximum absolute atomic E-state index is 11.6. The van der Waals surface area contributed by atoms with Gasteiger partial charge in [0.05, 0.1) is 0 Å². The number of aromatic nitrogens is 4. The Morgan fingerprint density at radius 3 is 2.80 bits per heavy atom. The maximum Gasteiger partial charge on any atom is 0.346 e. The van der Waals surface area contributed by atoms with Crippen LogP contribution in [0.1, 0.15) is 11.6 Å². The van der Waals surface area contributed by atoms with E-state index in [-0.39, 0.29) is 5.69 Å². The number of nitrogens with zero attached hydrogens (tertiary/aromatic N) is 4. The molecule has 0 radical (unpaired) electrons. The van der Waals surface area contributed by atoms with Gasteiger partial charge in [-0.2, -0.15) is 5.10 Å².